The SMILES string of the molecule is CC(C)[C@@H]1CN(C(=O)C(CC(C)(C)C)NC(=O)c2ccc(N3CCN(C)CC3)cc2)[C@@H]2C(=O)CO[C@@H]21. The lowest BCUT2D eigenvalue weighted by molar-refractivity contribution is -0.138. The van der Waals surface area contributed by atoms with E-state index in [-0.39, 0.29) is 47.6 Å². The highest BCUT2D eigenvalue weighted by Gasteiger charge is 2.53. The quantitative estimate of drug-likeness (QED) is 0.649. The molecule has 4 atom stereocenters. The Balaban J connectivity index is 1.49. The predicted octanol–water partition coefficient (Wildman–Crippen LogP) is 2.42. The number of carbonyl (C=O) groups is 3. The number of ether oxygens (including phenoxy) is 1. The van der Waals surface area contributed by atoms with E-state index in [4.69, 9.17) is 4.74 Å². The highest BCUT2D eigenvalue weighted by Crippen LogP contribution is 2.37. The van der Waals surface area contributed by atoms with Crippen LogP contribution >= 0.6 is 0 Å². The van der Waals surface area contributed by atoms with Crippen LogP contribution in [0.5, 0.6) is 0 Å². The fourth-order valence-electron chi connectivity index (χ4n) is 5.65. The average molecular weight is 499 g/mol. The van der Waals surface area contributed by atoms with Crippen molar-refractivity contribution >= 4 is 23.3 Å². The molecule has 3 saturated heterocycles. The third kappa shape index (κ3) is 5.75. The Hall–Kier alpha value is -2.45. The van der Waals surface area contributed by atoms with Crippen LogP contribution in [0.2, 0.25) is 0 Å². The molecule has 4 rings (SSSR count). The molecular weight excluding hydrogens is 456 g/mol. The van der Waals surface area contributed by atoms with Gasteiger partial charge in [-0.1, -0.05) is 34.6 Å². The van der Waals surface area contributed by atoms with Gasteiger partial charge in [0.2, 0.25) is 5.91 Å². The molecule has 0 aliphatic carbocycles. The summed E-state index contributed by atoms with van der Waals surface area (Å²) in [6, 6.07) is 6.36. The van der Waals surface area contributed by atoms with Gasteiger partial charge in [-0.05, 0) is 49.1 Å². The summed E-state index contributed by atoms with van der Waals surface area (Å²) >= 11 is 0. The highest BCUT2D eigenvalue weighted by atomic mass is 16.5. The van der Waals surface area contributed by atoms with Crippen molar-refractivity contribution in [3.63, 3.8) is 0 Å². The maximum Gasteiger partial charge on any atom is 0.251 e. The van der Waals surface area contributed by atoms with Crippen LogP contribution in [0.1, 0.15) is 51.4 Å². The Morgan fingerprint density at radius 3 is 2.31 bits per heavy atom. The van der Waals surface area contributed by atoms with Crippen LogP contribution in [-0.4, -0.2) is 92.0 Å². The Bertz CT molecular complexity index is 963. The topological polar surface area (TPSA) is 82.2 Å². The minimum atomic E-state index is -0.713. The number of nitrogens with one attached hydrogen (secondary N) is 1. The van der Waals surface area contributed by atoms with E-state index in [2.05, 4.69) is 56.8 Å². The van der Waals surface area contributed by atoms with Gasteiger partial charge in [0.15, 0.2) is 5.78 Å². The molecule has 1 N–H and O–H groups in total. The van der Waals surface area contributed by atoms with Crippen LogP contribution in [0.3, 0.4) is 0 Å². The van der Waals surface area contributed by atoms with Gasteiger partial charge in [0.05, 0.1) is 6.10 Å². The molecule has 3 heterocycles. The Kier molecular flexibility index (Phi) is 7.76. The summed E-state index contributed by atoms with van der Waals surface area (Å²) in [6.07, 6.45) is 0.223. The number of ketones is 1. The van der Waals surface area contributed by atoms with Crippen LogP contribution in [0.15, 0.2) is 24.3 Å². The molecule has 8 nitrogen and oxygen atoms in total. The van der Waals surface area contributed by atoms with E-state index < -0.39 is 12.1 Å². The molecule has 3 aliphatic rings. The first-order chi connectivity index (χ1) is 16.9. The summed E-state index contributed by atoms with van der Waals surface area (Å²) in [4.78, 5) is 46.1. The molecule has 0 spiro atoms. The molecule has 2 amide bonds. The van der Waals surface area contributed by atoms with E-state index in [0.29, 0.717) is 18.5 Å². The molecule has 3 fully saturated rings. The zero-order valence-corrected chi connectivity index (χ0v) is 22.6. The number of nitrogens with zero attached hydrogens (tertiary/aromatic N) is 3. The lowest BCUT2D eigenvalue weighted by Crippen LogP contribution is -2.53. The number of hydrogen-bond acceptors (Lipinski definition) is 6. The van der Waals surface area contributed by atoms with E-state index in [1.54, 1.807) is 4.90 Å². The minimum absolute atomic E-state index is 0.0446. The van der Waals surface area contributed by atoms with E-state index in [9.17, 15) is 14.4 Å². The van der Waals surface area contributed by atoms with Gasteiger partial charge in [-0.3, -0.25) is 14.4 Å². The summed E-state index contributed by atoms with van der Waals surface area (Å²) in [5.41, 5.74) is 1.44. The first-order valence-electron chi connectivity index (χ1n) is 13.2. The van der Waals surface area contributed by atoms with Crippen molar-refractivity contribution in [1.82, 2.24) is 15.1 Å². The van der Waals surface area contributed by atoms with Crippen LogP contribution in [0.25, 0.3) is 0 Å². The van der Waals surface area contributed by atoms with Crippen molar-refractivity contribution in [2.45, 2.75) is 59.2 Å². The first kappa shape index (κ1) is 26.6. The van der Waals surface area contributed by atoms with Gasteiger partial charge in [0.25, 0.3) is 5.91 Å². The molecule has 0 radical (unpaired) electrons. The Morgan fingerprint density at radius 2 is 1.72 bits per heavy atom. The molecule has 0 aromatic heterocycles. The fraction of sp³-hybridized carbons (Fsp3) is 0.679. The van der Waals surface area contributed by atoms with Gasteiger partial charge >= 0.3 is 0 Å². The lowest BCUT2D eigenvalue weighted by Gasteiger charge is -2.34. The second-order valence-corrected chi connectivity index (χ2v) is 12.2. The molecule has 0 saturated carbocycles. The van der Waals surface area contributed by atoms with Gasteiger partial charge in [0.1, 0.15) is 18.7 Å². The van der Waals surface area contributed by atoms with Crippen LogP contribution in [-0.2, 0) is 14.3 Å². The number of likely N-dealkylation sites (tertiary alicyclic amines) is 1. The molecule has 1 aromatic rings. The molecule has 3 aliphatic heterocycles. The second kappa shape index (κ2) is 10.5. The zero-order chi connectivity index (χ0) is 26.2. The Labute approximate surface area is 215 Å². The standard InChI is InChI=1S/C28H42N4O4/c1-18(2)21-16-32(24-23(33)17-36-25(21)24)27(35)22(15-28(3,4)5)29-26(34)19-7-9-20(10-8-19)31-13-11-30(6)12-14-31/h7-10,18,21-22,24-25H,11-17H2,1-6H3,(H,29,34)/t21-,22?,24+,25+/m0/s1. The second-order valence-electron chi connectivity index (χ2n) is 12.2. The summed E-state index contributed by atoms with van der Waals surface area (Å²) in [5, 5.41) is 3.01. The number of amides is 2. The highest BCUT2D eigenvalue weighted by molar-refractivity contribution is 5.99. The lowest BCUT2D eigenvalue weighted by atomic mass is 9.87. The monoisotopic (exact) mass is 498 g/mol. The van der Waals surface area contributed by atoms with Gasteiger partial charge in [-0.25, -0.2) is 0 Å². The van der Waals surface area contributed by atoms with E-state index >= 15 is 0 Å². The summed E-state index contributed by atoms with van der Waals surface area (Å²) in [7, 11) is 2.13. The van der Waals surface area contributed by atoms with Gasteiger partial charge in [-0.2, -0.15) is 0 Å². The normalized spacial score (nSPS) is 25.9. The first-order valence-corrected chi connectivity index (χ1v) is 13.2. The third-order valence-electron chi connectivity index (χ3n) is 7.78. The molecule has 8 heteroatoms. The van der Waals surface area contributed by atoms with E-state index in [1.807, 2.05) is 24.3 Å². The molecule has 1 unspecified atom stereocenters. The maximum atomic E-state index is 13.8. The number of carbonyl (C=O) groups excluding carboxylic acids is 3. The molecule has 198 valence electrons. The van der Waals surface area contributed by atoms with Crippen LogP contribution < -0.4 is 10.2 Å². The number of fused-ring (bicyclic) bond motifs is 1. The molecule has 36 heavy (non-hydrogen) atoms. The number of hydrogen-bond donors (Lipinski definition) is 1. The van der Waals surface area contributed by atoms with E-state index in [1.165, 1.54) is 0 Å². The van der Waals surface area contributed by atoms with Gasteiger partial charge in [-0.15, -0.1) is 0 Å². The number of likely N-dealkylation sites (N-methyl/N-ethyl adjacent to an activating group) is 1. The summed E-state index contributed by atoms with van der Waals surface area (Å²) < 4.78 is 5.80. The predicted molar refractivity (Wildman–Crippen MR) is 140 cm³/mol. The minimum Gasteiger partial charge on any atom is -0.369 e. The summed E-state index contributed by atoms with van der Waals surface area (Å²) in [5.74, 6) is -0.108. The third-order valence-corrected chi connectivity index (χ3v) is 7.78. The number of anilines is 1. The maximum absolute atomic E-state index is 13.8. The van der Waals surface area contributed by atoms with Crippen LogP contribution in [0, 0.1) is 17.3 Å². The van der Waals surface area contributed by atoms with Crippen molar-refractivity contribution in [2.75, 3.05) is 51.3 Å². The Morgan fingerprint density at radius 1 is 1.08 bits per heavy atom. The zero-order valence-electron chi connectivity index (χ0n) is 22.6. The number of Topliss-reactive ketones (excluding diaryl/α,β-unsaturated/α-hetero) is 1. The molecule has 0 bridgehead atoms. The van der Waals surface area contributed by atoms with Crippen LogP contribution in [0.4, 0.5) is 5.69 Å². The number of rotatable bonds is 6. The smallest absolute Gasteiger partial charge is 0.251 e. The number of piperazine rings is 1. The van der Waals surface area contributed by atoms with E-state index in [0.717, 1.165) is 31.9 Å². The number of benzene rings is 1. The van der Waals surface area contributed by atoms with Gasteiger partial charge in [0, 0.05) is 49.9 Å². The average Bonchev–Trinajstić information content (AvgIpc) is 3.38. The largest absolute Gasteiger partial charge is 0.369 e. The fourth-order valence-corrected chi connectivity index (χ4v) is 5.65. The van der Waals surface area contributed by atoms with Crippen molar-refractivity contribution in [1.29, 1.82) is 0 Å². The van der Waals surface area contributed by atoms with Crippen molar-refractivity contribution in [3.8, 4) is 0 Å². The molecule has 1 aromatic carbocycles. The van der Waals surface area contributed by atoms with Crippen molar-refractivity contribution in [2.24, 2.45) is 17.3 Å². The summed E-state index contributed by atoms with van der Waals surface area (Å²) in [6.45, 7) is 14.8. The molecular formula is C28H42N4O4. The van der Waals surface area contributed by atoms with Crippen molar-refractivity contribution < 1.29 is 19.1 Å². The van der Waals surface area contributed by atoms with Gasteiger partial charge < -0.3 is 24.8 Å². The van der Waals surface area contributed by atoms with Crippen molar-refractivity contribution in [3.05, 3.63) is 29.8 Å².